The number of hydrogen-bond acceptors (Lipinski definition) is 2. The zero-order chi connectivity index (χ0) is 10.1. The highest BCUT2D eigenvalue weighted by atomic mass is 19.1. The van der Waals surface area contributed by atoms with Crippen molar-refractivity contribution in [3.63, 3.8) is 0 Å². The number of phenolic OH excluding ortho intramolecular Hbond substituents is 1. The Morgan fingerprint density at radius 2 is 2.50 bits per heavy atom. The molecule has 0 fully saturated rings. The van der Waals surface area contributed by atoms with Crippen molar-refractivity contribution in [3.05, 3.63) is 24.0 Å². The molecule has 3 heteroatoms. The van der Waals surface area contributed by atoms with E-state index in [0.29, 0.717) is 0 Å². The van der Waals surface area contributed by atoms with Crippen LogP contribution in [0.2, 0.25) is 0 Å². The Bertz CT molecular complexity index is 311. The Labute approximate surface area is 62.1 Å². The molecule has 0 unspecified atom stereocenters. The molecular formula is C7H7FO2. The fourth-order valence-corrected chi connectivity index (χ4v) is 0.551. The van der Waals surface area contributed by atoms with Gasteiger partial charge >= 0.3 is 0 Å². The highest BCUT2D eigenvalue weighted by molar-refractivity contribution is 5.31. The molecular weight excluding hydrogens is 135 g/mol. The summed E-state index contributed by atoms with van der Waals surface area (Å²) in [4.78, 5) is 0. The van der Waals surface area contributed by atoms with Crippen LogP contribution in [0.3, 0.4) is 0 Å². The molecule has 1 aromatic rings. The predicted octanol–water partition coefficient (Wildman–Crippen LogP) is 1.54. The van der Waals surface area contributed by atoms with Crippen LogP contribution in [0.1, 0.15) is 4.11 Å². The van der Waals surface area contributed by atoms with E-state index in [1.807, 2.05) is 0 Å². The van der Waals surface area contributed by atoms with Gasteiger partial charge in [-0.2, -0.15) is 0 Å². The maximum Gasteiger partial charge on any atom is 0.168 e. The molecule has 54 valence electrons. The van der Waals surface area contributed by atoms with Gasteiger partial charge in [-0.3, -0.25) is 0 Å². The van der Waals surface area contributed by atoms with E-state index < -0.39 is 18.6 Å². The fourth-order valence-electron chi connectivity index (χ4n) is 0.551. The van der Waals surface area contributed by atoms with Crippen molar-refractivity contribution >= 4 is 0 Å². The number of ether oxygens (including phenoxy) is 1. The minimum atomic E-state index is -2.61. The van der Waals surface area contributed by atoms with Crippen LogP contribution in [0.25, 0.3) is 0 Å². The highest BCUT2D eigenvalue weighted by Crippen LogP contribution is 2.20. The lowest BCUT2D eigenvalue weighted by Gasteiger charge is -1.98. The second-order valence-electron chi connectivity index (χ2n) is 1.72. The third kappa shape index (κ3) is 1.18. The van der Waals surface area contributed by atoms with Crippen LogP contribution in [0.5, 0.6) is 11.5 Å². The molecule has 0 spiro atoms. The van der Waals surface area contributed by atoms with Gasteiger partial charge in [-0.1, -0.05) is 0 Å². The van der Waals surface area contributed by atoms with Crippen molar-refractivity contribution in [1.29, 1.82) is 0 Å². The molecule has 1 N–H and O–H groups in total. The summed E-state index contributed by atoms with van der Waals surface area (Å²) in [6, 6.07) is 3.00. The number of methoxy groups -OCH3 is 1. The average molecular weight is 145 g/mol. The Kier molecular flexibility index (Phi) is 0.974. The fraction of sp³-hybridized carbons (Fsp3) is 0.143. The molecule has 2 nitrogen and oxygen atoms in total. The Morgan fingerprint density at radius 1 is 1.70 bits per heavy atom. The number of phenols is 1. The van der Waals surface area contributed by atoms with Gasteiger partial charge in [0.2, 0.25) is 0 Å². The Morgan fingerprint density at radius 3 is 3.10 bits per heavy atom. The average Bonchev–Trinajstić information content (AvgIpc) is 1.94. The number of halogens is 1. The zero-order valence-corrected chi connectivity index (χ0v) is 4.97. The molecule has 10 heavy (non-hydrogen) atoms. The van der Waals surface area contributed by atoms with Gasteiger partial charge in [0, 0.05) is 6.07 Å². The zero-order valence-electron chi connectivity index (χ0n) is 7.97. The van der Waals surface area contributed by atoms with Gasteiger partial charge < -0.3 is 9.84 Å². The Balaban J connectivity index is 2.86. The number of benzene rings is 1. The van der Waals surface area contributed by atoms with Crippen LogP contribution in [-0.2, 0) is 0 Å². The van der Waals surface area contributed by atoms with Crippen LogP contribution < -0.4 is 4.74 Å². The molecule has 0 radical (unpaired) electrons. The summed E-state index contributed by atoms with van der Waals surface area (Å²) in [7, 11) is -2.61. The first-order chi connectivity index (χ1) is 5.88. The summed E-state index contributed by atoms with van der Waals surface area (Å²) >= 11 is 0. The largest absolute Gasteiger partial charge is 0.505 e. The quantitative estimate of drug-likeness (QED) is 0.649. The summed E-state index contributed by atoms with van der Waals surface area (Å²) in [5, 5.41) is 8.77. The van der Waals surface area contributed by atoms with E-state index in [0.717, 1.165) is 12.1 Å². The van der Waals surface area contributed by atoms with E-state index in [2.05, 4.69) is 4.74 Å². The molecule has 0 aromatic heterocycles. The van der Waals surface area contributed by atoms with Crippen LogP contribution in [0.4, 0.5) is 4.39 Å². The van der Waals surface area contributed by atoms with Gasteiger partial charge in [-0.05, 0) is 12.1 Å². The van der Waals surface area contributed by atoms with Gasteiger partial charge in [0.25, 0.3) is 0 Å². The molecule has 0 heterocycles. The molecule has 0 aliphatic carbocycles. The SMILES string of the molecule is [2H]C([2H])([2H])Oc1ccc(O)c(F)c1. The van der Waals surface area contributed by atoms with Crippen molar-refractivity contribution in [2.75, 3.05) is 7.04 Å². The molecule has 0 aliphatic heterocycles. The van der Waals surface area contributed by atoms with E-state index in [1.165, 1.54) is 6.07 Å². The van der Waals surface area contributed by atoms with Crippen molar-refractivity contribution in [2.24, 2.45) is 0 Å². The summed E-state index contributed by atoms with van der Waals surface area (Å²) < 4.78 is 37.2. The third-order valence-electron chi connectivity index (χ3n) is 1.04. The van der Waals surface area contributed by atoms with Crippen molar-refractivity contribution in [2.45, 2.75) is 0 Å². The first-order valence-electron chi connectivity index (χ1n) is 4.06. The van der Waals surface area contributed by atoms with Crippen LogP contribution in [0.15, 0.2) is 18.2 Å². The molecule has 1 rings (SSSR count). The van der Waals surface area contributed by atoms with Gasteiger partial charge in [0.1, 0.15) is 5.75 Å². The minimum Gasteiger partial charge on any atom is -0.505 e. The summed E-state index contributed by atoms with van der Waals surface area (Å²) in [5.74, 6) is -1.60. The first-order valence-corrected chi connectivity index (χ1v) is 2.56. The van der Waals surface area contributed by atoms with Gasteiger partial charge in [0.15, 0.2) is 11.6 Å². The molecule has 0 saturated heterocycles. The van der Waals surface area contributed by atoms with Crippen molar-refractivity contribution < 1.29 is 18.3 Å². The smallest absolute Gasteiger partial charge is 0.168 e. The van der Waals surface area contributed by atoms with Gasteiger partial charge in [0.05, 0.1) is 11.2 Å². The molecule has 0 amide bonds. The van der Waals surface area contributed by atoms with Crippen LogP contribution in [0, 0.1) is 5.82 Å². The Hall–Kier alpha value is -1.25. The number of rotatable bonds is 1. The topological polar surface area (TPSA) is 29.5 Å². The van der Waals surface area contributed by atoms with Crippen molar-refractivity contribution in [1.82, 2.24) is 0 Å². The van der Waals surface area contributed by atoms with Gasteiger partial charge in [-0.15, -0.1) is 0 Å². The summed E-state index contributed by atoms with van der Waals surface area (Å²) in [6.45, 7) is 0. The summed E-state index contributed by atoms with van der Waals surface area (Å²) in [6.07, 6.45) is 0. The number of hydrogen-bond donors (Lipinski definition) is 1. The molecule has 0 bridgehead atoms. The predicted molar refractivity (Wildman–Crippen MR) is 34.6 cm³/mol. The van der Waals surface area contributed by atoms with E-state index >= 15 is 0 Å². The van der Waals surface area contributed by atoms with E-state index in [4.69, 9.17) is 9.22 Å². The third-order valence-corrected chi connectivity index (χ3v) is 1.04. The van der Waals surface area contributed by atoms with Crippen LogP contribution >= 0.6 is 0 Å². The number of aromatic hydroxyl groups is 1. The first kappa shape index (κ1) is 3.81. The maximum atomic E-state index is 12.6. The molecule has 0 saturated carbocycles. The summed E-state index contributed by atoms with van der Waals surface area (Å²) in [5.41, 5.74) is 0. The minimum absolute atomic E-state index is 0.143. The van der Waals surface area contributed by atoms with Gasteiger partial charge in [-0.25, -0.2) is 4.39 Å². The van der Waals surface area contributed by atoms with Crippen LogP contribution in [-0.4, -0.2) is 12.1 Å². The second-order valence-corrected chi connectivity index (χ2v) is 1.72. The van der Waals surface area contributed by atoms with Crippen molar-refractivity contribution in [3.8, 4) is 11.5 Å². The lowest BCUT2D eigenvalue weighted by Crippen LogP contribution is -1.83. The van der Waals surface area contributed by atoms with E-state index in [-0.39, 0.29) is 5.75 Å². The van der Waals surface area contributed by atoms with E-state index in [1.54, 1.807) is 0 Å². The highest BCUT2D eigenvalue weighted by Gasteiger charge is 1.99. The maximum absolute atomic E-state index is 12.6. The molecule has 0 aliphatic rings. The van der Waals surface area contributed by atoms with E-state index in [9.17, 15) is 4.39 Å². The monoisotopic (exact) mass is 145 g/mol. The second kappa shape index (κ2) is 2.56. The standard InChI is InChI=1S/C7H7FO2/c1-10-5-2-3-7(9)6(8)4-5/h2-4,9H,1H3/i1D3. The lowest BCUT2D eigenvalue weighted by molar-refractivity contribution is 0.399. The molecule has 1 aromatic carbocycles. The normalized spacial score (nSPS) is 15.1. The lowest BCUT2D eigenvalue weighted by atomic mass is 10.3. The molecule has 0 atom stereocenters.